The van der Waals surface area contributed by atoms with Crippen LogP contribution in [0.2, 0.25) is 5.02 Å². The molecule has 1 aliphatic carbocycles. The van der Waals surface area contributed by atoms with Crippen molar-refractivity contribution in [2.75, 3.05) is 0 Å². The number of pyridine rings is 1. The van der Waals surface area contributed by atoms with E-state index in [1.165, 1.54) is 6.20 Å². The van der Waals surface area contributed by atoms with Crippen molar-refractivity contribution in [2.24, 2.45) is 5.92 Å². The molecule has 26 heavy (non-hydrogen) atoms. The average Bonchev–Trinajstić information content (AvgIpc) is 3.04. The van der Waals surface area contributed by atoms with Gasteiger partial charge in [-0.25, -0.2) is 19.3 Å². The van der Waals surface area contributed by atoms with Crippen LogP contribution in [0, 0.1) is 11.7 Å². The molecule has 3 N–H and O–H groups in total. The highest BCUT2D eigenvalue weighted by atomic mass is 35.5. The van der Waals surface area contributed by atoms with Crippen LogP contribution in [0.1, 0.15) is 25.0 Å². The fourth-order valence-corrected chi connectivity index (χ4v) is 3.71. The first-order valence-corrected chi connectivity index (χ1v) is 8.91. The summed E-state index contributed by atoms with van der Waals surface area (Å²) < 4.78 is 14.3. The minimum absolute atomic E-state index is 0.227. The van der Waals surface area contributed by atoms with Crippen LogP contribution in [0.3, 0.4) is 0 Å². The van der Waals surface area contributed by atoms with E-state index >= 15 is 0 Å². The van der Waals surface area contributed by atoms with Gasteiger partial charge in [-0.1, -0.05) is 18.0 Å². The van der Waals surface area contributed by atoms with Gasteiger partial charge in [0.25, 0.3) is 0 Å². The van der Waals surface area contributed by atoms with Gasteiger partial charge in [-0.15, -0.1) is 0 Å². The van der Waals surface area contributed by atoms with Crippen LogP contribution in [0.4, 0.5) is 4.39 Å². The van der Waals surface area contributed by atoms with Crippen molar-refractivity contribution in [3.8, 4) is 11.4 Å². The molecule has 0 radical (unpaired) electrons. The van der Waals surface area contributed by atoms with Crippen LogP contribution in [0.15, 0.2) is 24.7 Å². The number of hydrogen-bond acceptors (Lipinski definition) is 5. The summed E-state index contributed by atoms with van der Waals surface area (Å²) in [5.74, 6) is -0.380. The monoisotopic (exact) mass is 376 g/mol. The molecule has 3 aromatic heterocycles. The van der Waals surface area contributed by atoms with Gasteiger partial charge in [0, 0.05) is 23.3 Å². The summed E-state index contributed by atoms with van der Waals surface area (Å²) in [6, 6.07) is 1.75. The molecule has 1 aliphatic rings. The summed E-state index contributed by atoms with van der Waals surface area (Å²) in [6.07, 6.45) is 5.11. The fourth-order valence-electron chi connectivity index (χ4n) is 3.55. The molecule has 0 spiro atoms. The van der Waals surface area contributed by atoms with E-state index in [4.69, 9.17) is 11.6 Å². The number of halogens is 2. The first-order valence-electron chi connectivity index (χ1n) is 8.53. The molecular weight excluding hydrogens is 359 g/mol. The largest absolute Gasteiger partial charge is 0.390 e. The highest BCUT2D eigenvalue weighted by Gasteiger charge is 2.31. The van der Waals surface area contributed by atoms with Crippen molar-refractivity contribution >= 4 is 22.6 Å². The number of nitrogens with one attached hydrogen (secondary N) is 1. The number of hydrogen-bond donors (Lipinski definition) is 3. The standard InChI is InChI=1S/C18H18ClFN4O2/c19-10-5-11-12(7-22-17(11)21-6-10)18-23-8-13(20)14(24-18)4-9-2-1-3-15(25)16(9)26/h5-9,15-16,25-26H,1-4H2,(H,21,22)/t9?,15-,16+/m0/s1. The van der Waals surface area contributed by atoms with Gasteiger partial charge in [-0.3, -0.25) is 0 Å². The average molecular weight is 377 g/mol. The third-order valence-corrected chi connectivity index (χ3v) is 5.17. The van der Waals surface area contributed by atoms with E-state index in [9.17, 15) is 14.6 Å². The van der Waals surface area contributed by atoms with E-state index in [0.29, 0.717) is 28.5 Å². The van der Waals surface area contributed by atoms with Crippen molar-refractivity contribution < 1.29 is 14.6 Å². The normalized spacial score (nSPS) is 23.5. The van der Waals surface area contributed by atoms with E-state index in [2.05, 4.69) is 19.9 Å². The molecule has 3 aromatic rings. The number of nitrogens with zero attached hydrogens (tertiary/aromatic N) is 3. The van der Waals surface area contributed by atoms with Gasteiger partial charge < -0.3 is 15.2 Å². The fraction of sp³-hybridized carbons (Fsp3) is 0.389. The molecule has 1 fully saturated rings. The summed E-state index contributed by atoms with van der Waals surface area (Å²) >= 11 is 6.02. The number of aromatic amines is 1. The van der Waals surface area contributed by atoms with Crippen molar-refractivity contribution in [3.05, 3.63) is 41.2 Å². The van der Waals surface area contributed by atoms with Crippen molar-refractivity contribution in [3.63, 3.8) is 0 Å². The molecule has 3 atom stereocenters. The highest BCUT2D eigenvalue weighted by molar-refractivity contribution is 6.31. The summed E-state index contributed by atoms with van der Waals surface area (Å²) in [7, 11) is 0. The molecule has 0 amide bonds. The van der Waals surface area contributed by atoms with E-state index in [-0.39, 0.29) is 18.0 Å². The predicted octanol–water partition coefficient (Wildman–Crippen LogP) is 2.88. The number of aliphatic hydroxyl groups is 2. The Labute approximate surface area is 154 Å². The minimum atomic E-state index is -0.863. The second kappa shape index (κ2) is 6.90. The summed E-state index contributed by atoms with van der Waals surface area (Å²) in [4.78, 5) is 15.7. The SMILES string of the molecule is O[C@@H]1C(Cc2nc(-c3c[nH]c4ncc(Cl)cc34)ncc2F)CCC[C@@H]1O. The van der Waals surface area contributed by atoms with E-state index in [1.54, 1.807) is 12.3 Å². The van der Waals surface area contributed by atoms with Gasteiger partial charge in [-0.2, -0.15) is 0 Å². The molecule has 0 aromatic carbocycles. The number of H-pyrrole nitrogens is 1. The molecule has 3 heterocycles. The zero-order valence-electron chi connectivity index (χ0n) is 13.9. The molecule has 6 nitrogen and oxygen atoms in total. The topological polar surface area (TPSA) is 94.9 Å². The second-order valence-corrected chi connectivity index (χ2v) is 7.13. The Bertz CT molecular complexity index is 948. The smallest absolute Gasteiger partial charge is 0.163 e. The lowest BCUT2D eigenvalue weighted by atomic mass is 9.82. The van der Waals surface area contributed by atoms with Crippen LogP contribution < -0.4 is 0 Å². The van der Waals surface area contributed by atoms with Gasteiger partial charge in [-0.05, 0) is 31.2 Å². The highest BCUT2D eigenvalue weighted by Crippen LogP contribution is 2.30. The van der Waals surface area contributed by atoms with Crippen molar-refractivity contribution in [2.45, 2.75) is 37.9 Å². The lowest BCUT2D eigenvalue weighted by Gasteiger charge is -2.31. The van der Waals surface area contributed by atoms with Crippen LogP contribution in [-0.2, 0) is 6.42 Å². The predicted molar refractivity (Wildman–Crippen MR) is 95.1 cm³/mol. The molecule has 1 unspecified atom stereocenters. The van der Waals surface area contributed by atoms with Crippen LogP contribution in [-0.4, -0.2) is 42.4 Å². The van der Waals surface area contributed by atoms with Crippen molar-refractivity contribution in [1.29, 1.82) is 0 Å². The van der Waals surface area contributed by atoms with E-state index in [1.807, 2.05) is 0 Å². The maximum Gasteiger partial charge on any atom is 0.163 e. The maximum atomic E-state index is 14.3. The molecule has 0 saturated heterocycles. The molecule has 0 aliphatic heterocycles. The van der Waals surface area contributed by atoms with E-state index in [0.717, 1.165) is 24.4 Å². The lowest BCUT2D eigenvalue weighted by Crippen LogP contribution is -2.38. The summed E-state index contributed by atoms with van der Waals surface area (Å²) in [5, 5.41) is 21.3. The van der Waals surface area contributed by atoms with Crippen LogP contribution in [0.5, 0.6) is 0 Å². The summed E-state index contributed by atoms with van der Waals surface area (Å²) in [5.41, 5.74) is 1.56. The third-order valence-electron chi connectivity index (χ3n) is 4.96. The zero-order valence-corrected chi connectivity index (χ0v) is 14.6. The Morgan fingerprint density at radius 2 is 2.08 bits per heavy atom. The van der Waals surface area contributed by atoms with Crippen molar-refractivity contribution in [1.82, 2.24) is 19.9 Å². The number of aromatic nitrogens is 4. The van der Waals surface area contributed by atoms with Gasteiger partial charge in [0.15, 0.2) is 11.6 Å². The zero-order chi connectivity index (χ0) is 18.3. The second-order valence-electron chi connectivity index (χ2n) is 6.69. The molecule has 1 saturated carbocycles. The molecule has 4 rings (SSSR count). The Kier molecular flexibility index (Phi) is 4.60. The Morgan fingerprint density at radius 3 is 2.92 bits per heavy atom. The van der Waals surface area contributed by atoms with E-state index < -0.39 is 18.0 Å². The van der Waals surface area contributed by atoms with Crippen LogP contribution in [0.25, 0.3) is 22.4 Å². The molecule has 0 bridgehead atoms. The van der Waals surface area contributed by atoms with Gasteiger partial charge in [0.1, 0.15) is 5.65 Å². The molecular formula is C18H18ClFN4O2. The number of rotatable bonds is 3. The summed E-state index contributed by atoms with van der Waals surface area (Å²) in [6.45, 7) is 0. The number of aliphatic hydroxyl groups excluding tert-OH is 2. The van der Waals surface area contributed by atoms with Gasteiger partial charge >= 0.3 is 0 Å². The first-order chi connectivity index (χ1) is 12.5. The minimum Gasteiger partial charge on any atom is -0.390 e. The Balaban J connectivity index is 1.68. The maximum absolute atomic E-state index is 14.3. The lowest BCUT2D eigenvalue weighted by molar-refractivity contribution is -0.0447. The van der Waals surface area contributed by atoms with Crippen LogP contribution >= 0.6 is 11.6 Å². The molecule has 8 heteroatoms. The van der Waals surface area contributed by atoms with Gasteiger partial charge in [0.2, 0.25) is 0 Å². The van der Waals surface area contributed by atoms with Gasteiger partial charge in [0.05, 0.1) is 29.1 Å². The number of fused-ring (bicyclic) bond motifs is 1. The quantitative estimate of drug-likeness (QED) is 0.653. The third kappa shape index (κ3) is 3.18. The first kappa shape index (κ1) is 17.3. The Hall–Kier alpha value is -2.09. The molecule has 136 valence electrons. The Morgan fingerprint density at radius 1 is 1.23 bits per heavy atom.